The molecule has 13 heavy (non-hydrogen) atoms. The summed E-state index contributed by atoms with van der Waals surface area (Å²) >= 11 is 6.93. The molecular weight excluding hydrogens is 296 g/mol. The third-order valence-corrected chi connectivity index (χ3v) is 3.57. The van der Waals surface area contributed by atoms with E-state index in [1.165, 1.54) is 5.56 Å². The van der Waals surface area contributed by atoms with Crippen LogP contribution in [0.3, 0.4) is 0 Å². The molecule has 0 saturated carbocycles. The van der Waals surface area contributed by atoms with Crippen molar-refractivity contribution in [3.63, 3.8) is 0 Å². The van der Waals surface area contributed by atoms with Crippen molar-refractivity contribution in [1.29, 1.82) is 0 Å². The molecule has 0 heterocycles. The first-order valence-corrected chi connectivity index (χ1v) is 6.00. The van der Waals surface area contributed by atoms with Crippen LogP contribution in [0.1, 0.15) is 18.4 Å². The van der Waals surface area contributed by atoms with E-state index in [-0.39, 0.29) is 0 Å². The third kappa shape index (κ3) is 2.71. The van der Waals surface area contributed by atoms with E-state index in [4.69, 9.17) is 4.74 Å². The summed E-state index contributed by atoms with van der Waals surface area (Å²) < 4.78 is 6.17. The average molecular weight is 308 g/mol. The topological polar surface area (TPSA) is 9.23 Å². The molecule has 0 radical (unpaired) electrons. The maximum absolute atomic E-state index is 5.15. The van der Waals surface area contributed by atoms with Crippen LogP contribution in [0.2, 0.25) is 0 Å². The van der Waals surface area contributed by atoms with Gasteiger partial charge in [-0.05, 0) is 39.5 Å². The lowest BCUT2D eigenvalue weighted by Crippen LogP contribution is -1.94. The molecule has 3 heteroatoms. The predicted molar refractivity (Wildman–Crippen MR) is 62.9 cm³/mol. The summed E-state index contributed by atoms with van der Waals surface area (Å²) in [5, 5.41) is 0.978. The second-order valence-corrected chi connectivity index (χ2v) is 4.45. The Morgan fingerprint density at radius 3 is 2.62 bits per heavy atom. The summed E-state index contributed by atoms with van der Waals surface area (Å²) in [5.41, 5.74) is 1.31. The van der Waals surface area contributed by atoms with Gasteiger partial charge in [-0.1, -0.05) is 28.9 Å². The second kappa shape index (κ2) is 5.01. The van der Waals surface area contributed by atoms with E-state index < -0.39 is 0 Å². The summed E-state index contributed by atoms with van der Waals surface area (Å²) in [4.78, 5) is 0. The molecule has 1 atom stereocenters. The Morgan fingerprint density at radius 2 is 2.15 bits per heavy atom. The van der Waals surface area contributed by atoms with Crippen LogP contribution in [0.5, 0.6) is 5.75 Å². The summed E-state index contributed by atoms with van der Waals surface area (Å²) in [6, 6.07) is 6.18. The van der Waals surface area contributed by atoms with E-state index in [0.717, 1.165) is 15.6 Å². The molecular formula is C10H12Br2O. The molecule has 0 aliphatic heterocycles. The zero-order chi connectivity index (χ0) is 9.84. The quantitative estimate of drug-likeness (QED) is 0.768. The fourth-order valence-electron chi connectivity index (χ4n) is 1.08. The van der Waals surface area contributed by atoms with Crippen molar-refractivity contribution in [2.45, 2.75) is 12.8 Å². The monoisotopic (exact) mass is 306 g/mol. The number of rotatable bonds is 3. The average Bonchev–Trinajstić information content (AvgIpc) is 2.16. The lowest BCUT2D eigenvalue weighted by Gasteiger charge is -2.10. The summed E-state index contributed by atoms with van der Waals surface area (Å²) in [7, 11) is 1.67. The first-order valence-electron chi connectivity index (χ1n) is 4.08. The summed E-state index contributed by atoms with van der Waals surface area (Å²) in [5.74, 6) is 1.41. The van der Waals surface area contributed by atoms with E-state index in [2.05, 4.69) is 50.9 Å². The van der Waals surface area contributed by atoms with Crippen molar-refractivity contribution in [2.75, 3.05) is 12.4 Å². The zero-order valence-corrected chi connectivity index (χ0v) is 10.9. The van der Waals surface area contributed by atoms with Gasteiger partial charge in [-0.25, -0.2) is 0 Å². The number of benzene rings is 1. The highest BCUT2D eigenvalue weighted by Crippen LogP contribution is 2.29. The minimum atomic E-state index is 0.530. The van der Waals surface area contributed by atoms with Gasteiger partial charge in [0.1, 0.15) is 5.75 Å². The van der Waals surface area contributed by atoms with Gasteiger partial charge in [0.05, 0.1) is 11.6 Å². The molecule has 72 valence electrons. The standard InChI is InChI=1S/C10H12Br2O/c1-7(6-11)8-3-4-10(13-2)9(12)5-8/h3-5,7H,6H2,1-2H3. The Morgan fingerprint density at radius 1 is 1.46 bits per heavy atom. The zero-order valence-electron chi connectivity index (χ0n) is 7.68. The van der Waals surface area contributed by atoms with Gasteiger partial charge in [0.25, 0.3) is 0 Å². The maximum Gasteiger partial charge on any atom is 0.133 e. The molecule has 1 rings (SSSR count). The minimum Gasteiger partial charge on any atom is -0.496 e. The summed E-state index contributed by atoms with van der Waals surface area (Å²) in [6.07, 6.45) is 0. The largest absolute Gasteiger partial charge is 0.496 e. The van der Waals surface area contributed by atoms with Gasteiger partial charge in [-0.15, -0.1) is 0 Å². The molecule has 1 aromatic rings. The van der Waals surface area contributed by atoms with E-state index in [0.29, 0.717) is 5.92 Å². The molecule has 0 saturated heterocycles. The fraction of sp³-hybridized carbons (Fsp3) is 0.400. The first kappa shape index (κ1) is 11.1. The number of hydrogen-bond donors (Lipinski definition) is 0. The molecule has 1 unspecified atom stereocenters. The molecule has 0 amide bonds. The van der Waals surface area contributed by atoms with Gasteiger partial charge in [0.15, 0.2) is 0 Å². The number of ether oxygens (including phenoxy) is 1. The normalized spacial score (nSPS) is 12.6. The van der Waals surface area contributed by atoms with Gasteiger partial charge in [-0.3, -0.25) is 0 Å². The third-order valence-electron chi connectivity index (χ3n) is 1.98. The van der Waals surface area contributed by atoms with Crippen molar-refractivity contribution < 1.29 is 4.74 Å². The Bertz CT molecular complexity index is 286. The maximum atomic E-state index is 5.15. The molecule has 0 aliphatic rings. The summed E-state index contributed by atoms with van der Waals surface area (Å²) in [6.45, 7) is 2.18. The molecule has 0 N–H and O–H groups in total. The molecule has 0 spiro atoms. The predicted octanol–water partition coefficient (Wildman–Crippen LogP) is 3.96. The Balaban J connectivity index is 2.95. The molecule has 0 bridgehead atoms. The smallest absolute Gasteiger partial charge is 0.133 e. The van der Waals surface area contributed by atoms with Crippen LogP contribution in [0.15, 0.2) is 22.7 Å². The Labute approximate surface area is 95.7 Å². The van der Waals surface area contributed by atoms with Crippen LogP contribution >= 0.6 is 31.9 Å². The van der Waals surface area contributed by atoms with Crippen molar-refractivity contribution in [2.24, 2.45) is 0 Å². The SMILES string of the molecule is COc1ccc(C(C)CBr)cc1Br. The van der Waals surface area contributed by atoms with Gasteiger partial charge >= 0.3 is 0 Å². The number of methoxy groups -OCH3 is 1. The lowest BCUT2D eigenvalue weighted by atomic mass is 10.0. The van der Waals surface area contributed by atoms with E-state index in [1.54, 1.807) is 7.11 Å². The number of halogens is 2. The fourth-order valence-corrected chi connectivity index (χ4v) is 2.01. The van der Waals surface area contributed by atoms with E-state index >= 15 is 0 Å². The van der Waals surface area contributed by atoms with Gasteiger partial charge in [0.2, 0.25) is 0 Å². The van der Waals surface area contributed by atoms with Gasteiger partial charge in [-0.2, -0.15) is 0 Å². The lowest BCUT2D eigenvalue weighted by molar-refractivity contribution is 0.412. The number of alkyl halides is 1. The first-order chi connectivity index (χ1) is 6.19. The second-order valence-electron chi connectivity index (χ2n) is 2.95. The van der Waals surface area contributed by atoms with Crippen LogP contribution < -0.4 is 4.74 Å². The van der Waals surface area contributed by atoms with Crippen LogP contribution in [0, 0.1) is 0 Å². The molecule has 0 fully saturated rings. The van der Waals surface area contributed by atoms with Crippen LogP contribution in [0.25, 0.3) is 0 Å². The highest BCUT2D eigenvalue weighted by Gasteiger charge is 2.06. The van der Waals surface area contributed by atoms with E-state index in [1.807, 2.05) is 6.07 Å². The van der Waals surface area contributed by atoms with Crippen molar-refractivity contribution in [3.8, 4) is 5.75 Å². The van der Waals surface area contributed by atoms with Crippen molar-refractivity contribution in [3.05, 3.63) is 28.2 Å². The van der Waals surface area contributed by atoms with Crippen LogP contribution in [-0.2, 0) is 0 Å². The molecule has 1 nitrogen and oxygen atoms in total. The van der Waals surface area contributed by atoms with Crippen molar-refractivity contribution >= 4 is 31.9 Å². The van der Waals surface area contributed by atoms with Crippen LogP contribution in [0.4, 0.5) is 0 Å². The number of hydrogen-bond acceptors (Lipinski definition) is 1. The van der Waals surface area contributed by atoms with Gasteiger partial charge in [0, 0.05) is 5.33 Å². The highest BCUT2D eigenvalue weighted by atomic mass is 79.9. The minimum absolute atomic E-state index is 0.530. The molecule has 1 aromatic carbocycles. The molecule has 0 aliphatic carbocycles. The van der Waals surface area contributed by atoms with Crippen LogP contribution in [-0.4, -0.2) is 12.4 Å². The highest BCUT2D eigenvalue weighted by molar-refractivity contribution is 9.10. The van der Waals surface area contributed by atoms with Crippen molar-refractivity contribution in [1.82, 2.24) is 0 Å². The van der Waals surface area contributed by atoms with E-state index in [9.17, 15) is 0 Å². The van der Waals surface area contributed by atoms with Gasteiger partial charge < -0.3 is 4.74 Å². The Kier molecular flexibility index (Phi) is 4.26. The molecule has 0 aromatic heterocycles. The Hall–Kier alpha value is -0.0200.